The number of rotatable bonds is 6. The summed E-state index contributed by atoms with van der Waals surface area (Å²) in [5.74, 6) is -0.962. The van der Waals surface area contributed by atoms with Gasteiger partial charge >= 0.3 is 5.97 Å². The van der Waals surface area contributed by atoms with Crippen LogP contribution in [0.25, 0.3) is 0 Å². The molecule has 0 radical (unpaired) electrons. The number of aliphatic carboxylic acids is 1. The van der Waals surface area contributed by atoms with Gasteiger partial charge in [0.25, 0.3) is 0 Å². The summed E-state index contributed by atoms with van der Waals surface area (Å²) in [5, 5.41) is 9.25. The van der Waals surface area contributed by atoms with E-state index in [9.17, 15) is 9.90 Å². The fraction of sp³-hybridized carbons (Fsp3) is 0.462. The van der Waals surface area contributed by atoms with Crippen molar-refractivity contribution in [2.75, 3.05) is 0 Å². The van der Waals surface area contributed by atoms with Gasteiger partial charge in [-0.2, -0.15) is 0 Å². The lowest BCUT2D eigenvalue weighted by molar-refractivity contribution is -0.140. The second kappa shape index (κ2) is 5.90. The molecule has 2 nitrogen and oxygen atoms in total. The molecule has 0 aliphatic carbocycles. The van der Waals surface area contributed by atoms with Gasteiger partial charge in [-0.1, -0.05) is 56.5 Å². The standard InChI is InChI=1S/C13H17ClO2/c1-2-3-7-10-13(14,12(15)16)11-8-5-4-6-9-11/h4-6,8-9H,2-3,7,10H2,1H3,(H,15,16). The van der Waals surface area contributed by atoms with Crippen LogP contribution in [-0.2, 0) is 9.67 Å². The monoisotopic (exact) mass is 240 g/mol. The Hall–Kier alpha value is -1.02. The van der Waals surface area contributed by atoms with Gasteiger partial charge in [0.05, 0.1) is 0 Å². The molecule has 1 rings (SSSR count). The predicted molar refractivity (Wildman–Crippen MR) is 65.8 cm³/mol. The first-order chi connectivity index (χ1) is 7.61. The van der Waals surface area contributed by atoms with Crippen molar-refractivity contribution < 1.29 is 9.90 Å². The first kappa shape index (κ1) is 13.0. The van der Waals surface area contributed by atoms with Crippen molar-refractivity contribution >= 4 is 17.6 Å². The van der Waals surface area contributed by atoms with E-state index in [0.717, 1.165) is 19.3 Å². The number of carboxylic acid groups (broad SMARTS) is 1. The Bertz CT molecular complexity index is 337. The van der Waals surface area contributed by atoms with Gasteiger partial charge in [0.2, 0.25) is 0 Å². The Morgan fingerprint density at radius 1 is 1.31 bits per heavy atom. The molecule has 0 bridgehead atoms. The van der Waals surface area contributed by atoms with Crippen LogP contribution in [0.15, 0.2) is 30.3 Å². The largest absolute Gasteiger partial charge is 0.480 e. The van der Waals surface area contributed by atoms with E-state index in [0.29, 0.717) is 12.0 Å². The van der Waals surface area contributed by atoms with Crippen LogP contribution in [-0.4, -0.2) is 11.1 Å². The number of benzene rings is 1. The maximum Gasteiger partial charge on any atom is 0.329 e. The zero-order chi connectivity index (χ0) is 12.0. The summed E-state index contributed by atoms with van der Waals surface area (Å²) < 4.78 is 0. The van der Waals surface area contributed by atoms with E-state index in [-0.39, 0.29) is 0 Å². The molecule has 0 fully saturated rings. The summed E-state index contributed by atoms with van der Waals surface area (Å²) >= 11 is 6.24. The Kier molecular flexibility index (Phi) is 4.81. The zero-order valence-corrected chi connectivity index (χ0v) is 10.2. The molecule has 0 spiro atoms. The third kappa shape index (κ3) is 2.99. The van der Waals surface area contributed by atoms with Gasteiger partial charge in [-0.05, 0) is 12.0 Å². The normalized spacial score (nSPS) is 14.4. The molecule has 1 unspecified atom stereocenters. The average Bonchev–Trinajstić information content (AvgIpc) is 2.30. The minimum absolute atomic E-state index is 0.474. The first-order valence-corrected chi connectivity index (χ1v) is 5.97. The maximum atomic E-state index is 11.3. The van der Waals surface area contributed by atoms with Crippen LogP contribution in [0.3, 0.4) is 0 Å². The Labute approximate surface area is 101 Å². The van der Waals surface area contributed by atoms with Crippen LogP contribution in [0.4, 0.5) is 0 Å². The van der Waals surface area contributed by atoms with Crippen LogP contribution < -0.4 is 0 Å². The van der Waals surface area contributed by atoms with Gasteiger partial charge < -0.3 is 5.11 Å². The van der Waals surface area contributed by atoms with Gasteiger partial charge in [-0.25, -0.2) is 4.79 Å². The van der Waals surface area contributed by atoms with Crippen LogP contribution in [0, 0.1) is 0 Å². The number of hydrogen-bond donors (Lipinski definition) is 1. The van der Waals surface area contributed by atoms with Crippen LogP contribution >= 0.6 is 11.6 Å². The summed E-state index contributed by atoms with van der Waals surface area (Å²) in [7, 11) is 0. The molecule has 0 saturated carbocycles. The molecular weight excluding hydrogens is 224 g/mol. The number of unbranched alkanes of at least 4 members (excludes halogenated alkanes) is 2. The van der Waals surface area contributed by atoms with Gasteiger partial charge in [0, 0.05) is 0 Å². The molecule has 1 atom stereocenters. The molecular formula is C13H17ClO2. The maximum absolute atomic E-state index is 11.3. The summed E-state index contributed by atoms with van der Waals surface area (Å²) in [6, 6.07) is 9.03. The minimum Gasteiger partial charge on any atom is -0.480 e. The van der Waals surface area contributed by atoms with Crippen molar-refractivity contribution in [1.29, 1.82) is 0 Å². The molecule has 16 heavy (non-hydrogen) atoms. The number of hydrogen-bond acceptors (Lipinski definition) is 1. The minimum atomic E-state index is -1.27. The number of halogens is 1. The average molecular weight is 241 g/mol. The van der Waals surface area contributed by atoms with E-state index in [1.54, 1.807) is 12.1 Å². The van der Waals surface area contributed by atoms with E-state index in [1.165, 1.54) is 0 Å². The second-order valence-electron chi connectivity index (χ2n) is 3.93. The van der Waals surface area contributed by atoms with E-state index >= 15 is 0 Å². The Morgan fingerprint density at radius 2 is 1.94 bits per heavy atom. The third-order valence-corrected chi connectivity index (χ3v) is 3.26. The third-order valence-electron chi connectivity index (χ3n) is 2.70. The lowest BCUT2D eigenvalue weighted by atomic mass is 9.92. The molecule has 0 aliphatic heterocycles. The fourth-order valence-electron chi connectivity index (χ4n) is 1.70. The van der Waals surface area contributed by atoms with Gasteiger partial charge in [0.1, 0.15) is 0 Å². The van der Waals surface area contributed by atoms with Crippen molar-refractivity contribution in [3.8, 4) is 0 Å². The molecule has 0 aliphatic rings. The first-order valence-electron chi connectivity index (χ1n) is 5.59. The summed E-state index contributed by atoms with van der Waals surface area (Å²) in [6.45, 7) is 2.08. The van der Waals surface area contributed by atoms with Gasteiger partial charge in [-0.3, -0.25) is 0 Å². The van der Waals surface area contributed by atoms with Crippen molar-refractivity contribution in [2.24, 2.45) is 0 Å². The Balaban J connectivity index is 2.85. The van der Waals surface area contributed by atoms with E-state index in [2.05, 4.69) is 6.92 Å². The number of carbonyl (C=O) groups is 1. The molecule has 0 saturated heterocycles. The quantitative estimate of drug-likeness (QED) is 0.607. The lowest BCUT2D eigenvalue weighted by Gasteiger charge is -2.22. The van der Waals surface area contributed by atoms with E-state index < -0.39 is 10.8 Å². The number of alkyl halides is 1. The van der Waals surface area contributed by atoms with Crippen molar-refractivity contribution in [3.05, 3.63) is 35.9 Å². The Morgan fingerprint density at radius 3 is 2.44 bits per heavy atom. The highest BCUT2D eigenvalue weighted by molar-refractivity contribution is 6.33. The van der Waals surface area contributed by atoms with Gasteiger partial charge in [0.15, 0.2) is 4.87 Å². The topological polar surface area (TPSA) is 37.3 Å². The highest BCUT2D eigenvalue weighted by Gasteiger charge is 2.37. The van der Waals surface area contributed by atoms with Gasteiger partial charge in [-0.15, -0.1) is 11.6 Å². The molecule has 88 valence electrons. The van der Waals surface area contributed by atoms with Crippen molar-refractivity contribution in [3.63, 3.8) is 0 Å². The van der Waals surface area contributed by atoms with E-state index in [1.807, 2.05) is 18.2 Å². The molecule has 1 N–H and O–H groups in total. The molecule has 0 heterocycles. The van der Waals surface area contributed by atoms with Crippen molar-refractivity contribution in [2.45, 2.75) is 37.5 Å². The van der Waals surface area contributed by atoms with Crippen LogP contribution in [0.5, 0.6) is 0 Å². The molecule has 0 aromatic heterocycles. The van der Waals surface area contributed by atoms with Crippen molar-refractivity contribution in [1.82, 2.24) is 0 Å². The smallest absolute Gasteiger partial charge is 0.329 e. The second-order valence-corrected chi connectivity index (χ2v) is 4.57. The molecule has 1 aromatic carbocycles. The molecule has 1 aromatic rings. The highest BCUT2D eigenvalue weighted by Crippen LogP contribution is 2.34. The van der Waals surface area contributed by atoms with Crippen LogP contribution in [0.1, 0.15) is 38.2 Å². The number of carboxylic acids is 1. The fourth-order valence-corrected chi connectivity index (χ4v) is 1.96. The summed E-state index contributed by atoms with van der Waals surface area (Å²) in [5.41, 5.74) is 0.667. The SMILES string of the molecule is CCCCCC(Cl)(C(=O)O)c1ccccc1. The predicted octanol–water partition coefficient (Wildman–Crippen LogP) is 3.79. The molecule has 0 amide bonds. The van der Waals surface area contributed by atoms with E-state index in [4.69, 9.17) is 11.6 Å². The molecule has 3 heteroatoms. The highest BCUT2D eigenvalue weighted by atomic mass is 35.5. The zero-order valence-electron chi connectivity index (χ0n) is 9.45. The summed E-state index contributed by atoms with van der Waals surface area (Å²) in [4.78, 5) is 10.0. The van der Waals surface area contributed by atoms with Crippen LogP contribution in [0.2, 0.25) is 0 Å². The lowest BCUT2D eigenvalue weighted by Crippen LogP contribution is -2.29. The summed E-state index contributed by atoms with van der Waals surface area (Å²) in [6.07, 6.45) is 3.37.